The van der Waals surface area contributed by atoms with Crippen LogP contribution in [0.5, 0.6) is 0 Å². The normalized spacial score (nSPS) is 17.9. The van der Waals surface area contributed by atoms with Gasteiger partial charge < -0.3 is 4.74 Å². The molecule has 4 nitrogen and oxygen atoms in total. The number of anilines is 1. The lowest BCUT2D eigenvalue weighted by Crippen LogP contribution is -2.46. The topological polar surface area (TPSA) is 32.8 Å². The Morgan fingerprint density at radius 1 is 0.912 bits per heavy atom. The lowest BCUT2D eigenvalue weighted by molar-refractivity contribution is -0.000979. The number of ether oxygens (including phenoxy) is 1. The van der Waals surface area contributed by atoms with Crippen LogP contribution in [-0.4, -0.2) is 36.2 Å². The van der Waals surface area contributed by atoms with E-state index in [4.69, 9.17) is 4.74 Å². The number of halogens is 1. The van der Waals surface area contributed by atoms with Crippen molar-refractivity contribution >= 4 is 11.8 Å². The smallest absolute Gasteiger partial charge is 0.415 e. The Morgan fingerprint density at radius 2 is 1.59 bits per heavy atom. The molecule has 2 fully saturated rings. The van der Waals surface area contributed by atoms with Gasteiger partial charge in [0.1, 0.15) is 11.4 Å². The molecule has 0 atom stereocenters. The van der Waals surface area contributed by atoms with E-state index in [2.05, 4.69) is 30.9 Å². The van der Waals surface area contributed by atoms with Gasteiger partial charge in [-0.05, 0) is 78.4 Å². The van der Waals surface area contributed by atoms with Crippen LogP contribution in [0.3, 0.4) is 0 Å². The van der Waals surface area contributed by atoms with Crippen molar-refractivity contribution in [2.75, 3.05) is 24.5 Å². The first-order valence-corrected chi connectivity index (χ1v) is 12.0. The third-order valence-electron chi connectivity index (χ3n) is 7.26. The van der Waals surface area contributed by atoms with Gasteiger partial charge in [-0.15, -0.1) is 0 Å². The zero-order valence-electron chi connectivity index (χ0n) is 20.1. The van der Waals surface area contributed by atoms with Gasteiger partial charge in [0.2, 0.25) is 0 Å². The molecule has 1 amide bonds. The minimum atomic E-state index is -0.390. The molecule has 0 radical (unpaired) electrons. The fraction of sp³-hybridized carbons (Fsp3) is 0.345. The van der Waals surface area contributed by atoms with Gasteiger partial charge >= 0.3 is 6.09 Å². The first-order valence-electron chi connectivity index (χ1n) is 12.0. The minimum Gasteiger partial charge on any atom is -0.441 e. The van der Waals surface area contributed by atoms with E-state index in [0.717, 1.165) is 49.3 Å². The molecule has 1 spiro atoms. The maximum absolute atomic E-state index is 13.6. The largest absolute Gasteiger partial charge is 0.441 e. The van der Waals surface area contributed by atoms with E-state index in [0.29, 0.717) is 6.54 Å². The Kier molecular flexibility index (Phi) is 5.90. The highest BCUT2D eigenvalue weighted by atomic mass is 19.1. The zero-order valence-corrected chi connectivity index (χ0v) is 20.1. The lowest BCUT2D eigenvalue weighted by Gasteiger charge is -2.37. The van der Waals surface area contributed by atoms with Gasteiger partial charge in [-0.25, -0.2) is 9.18 Å². The number of carbonyl (C=O) groups is 1. The van der Waals surface area contributed by atoms with Crippen molar-refractivity contribution in [2.45, 2.75) is 45.8 Å². The molecule has 0 aromatic heterocycles. The number of likely N-dealkylation sites (tertiary alicyclic amines) is 1. The van der Waals surface area contributed by atoms with Gasteiger partial charge in [-0.2, -0.15) is 0 Å². The number of rotatable bonds is 4. The highest BCUT2D eigenvalue weighted by Crippen LogP contribution is 2.37. The maximum atomic E-state index is 13.6. The summed E-state index contributed by atoms with van der Waals surface area (Å²) in [4.78, 5) is 16.8. The highest BCUT2D eigenvalue weighted by molar-refractivity contribution is 5.90. The van der Waals surface area contributed by atoms with Crippen LogP contribution in [0.4, 0.5) is 14.9 Å². The first-order chi connectivity index (χ1) is 16.3. The number of amides is 1. The first kappa shape index (κ1) is 22.6. The highest BCUT2D eigenvalue weighted by Gasteiger charge is 2.47. The van der Waals surface area contributed by atoms with Crippen molar-refractivity contribution in [1.82, 2.24) is 4.90 Å². The second-order valence-corrected chi connectivity index (χ2v) is 9.81. The minimum absolute atomic E-state index is 0.198. The van der Waals surface area contributed by atoms with E-state index in [1.807, 2.05) is 43.3 Å². The summed E-state index contributed by atoms with van der Waals surface area (Å²) in [6, 6.07) is 19.3. The fourth-order valence-electron chi connectivity index (χ4n) is 5.54. The van der Waals surface area contributed by atoms with Crippen molar-refractivity contribution in [2.24, 2.45) is 0 Å². The monoisotopic (exact) mass is 458 g/mol. The number of hydrogen-bond acceptors (Lipinski definition) is 3. The third kappa shape index (κ3) is 4.32. The predicted molar refractivity (Wildman–Crippen MR) is 134 cm³/mol. The van der Waals surface area contributed by atoms with Gasteiger partial charge in [0.05, 0.1) is 6.54 Å². The molecule has 3 aromatic rings. The summed E-state index contributed by atoms with van der Waals surface area (Å²) < 4.78 is 19.5. The molecule has 176 valence electrons. The van der Waals surface area contributed by atoms with Gasteiger partial charge in [0, 0.05) is 38.2 Å². The number of aryl methyl sites for hydroxylation is 3. The molecule has 2 saturated heterocycles. The Morgan fingerprint density at radius 3 is 2.24 bits per heavy atom. The Hall–Kier alpha value is -3.18. The summed E-state index contributed by atoms with van der Waals surface area (Å²) in [5, 5.41) is 0. The van der Waals surface area contributed by atoms with Crippen LogP contribution in [0, 0.1) is 26.6 Å². The molecule has 3 aromatic carbocycles. The van der Waals surface area contributed by atoms with E-state index in [1.54, 1.807) is 11.0 Å². The summed E-state index contributed by atoms with van der Waals surface area (Å²) >= 11 is 0. The number of nitrogens with zero attached hydrogens (tertiary/aromatic N) is 2. The standard InChI is InChI=1S/C29H31FN2O2/c1-20-17-24(30)9-10-26(20)27-21(2)15-23(16-22(27)3)18-31-13-11-29(12-14-31)19-32(28(33)34-29)25-7-5-4-6-8-25/h4-10,15-17H,11-14,18-19H2,1-3H3. The summed E-state index contributed by atoms with van der Waals surface area (Å²) in [5.74, 6) is -0.198. The van der Waals surface area contributed by atoms with Crippen LogP contribution in [0.15, 0.2) is 60.7 Å². The molecular weight excluding hydrogens is 427 g/mol. The molecule has 2 heterocycles. The summed E-state index contributed by atoms with van der Waals surface area (Å²) in [7, 11) is 0. The second-order valence-electron chi connectivity index (χ2n) is 9.81. The van der Waals surface area contributed by atoms with Gasteiger partial charge in [0.15, 0.2) is 0 Å². The predicted octanol–water partition coefficient (Wildman–Crippen LogP) is 6.41. The average molecular weight is 459 g/mol. The van der Waals surface area contributed by atoms with Gasteiger partial charge in [-0.3, -0.25) is 9.80 Å². The number of benzene rings is 3. The molecule has 2 aliphatic heterocycles. The maximum Gasteiger partial charge on any atom is 0.415 e. The molecule has 34 heavy (non-hydrogen) atoms. The van der Waals surface area contributed by atoms with E-state index in [-0.39, 0.29) is 17.5 Å². The number of piperidine rings is 1. The molecule has 5 rings (SSSR count). The van der Waals surface area contributed by atoms with Crippen molar-refractivity contribution < 1.29 is 13.9 Å². The SMILES string of the molecule is Cc1cc(F)ccc1-c1c(C)cc(CN2CCC3(CC2)CN(c2ccccc2)C(=O)O3)cc1C. The number of hydrogen-bond donors (Lipinski definition) is 0. The summed E-state index contributed by atoms with van der Waals surface area (Å²) in [5.41, 5.74) is 7.45. The average Bonchev–Trinajstić information content (AvgIpc) is 3.13. The molecule has 0 unspecified atom stereocenters. The number of carbonyl (C=O) groups excluding carboxylic acids is 1. The zero-order chi connectivity index (χ0) is 23.9. The van der Waals surface area contributed by atoms with E-state index < -0.39 is 0 Å². The van der Waals surface area contributed by atoms with Crippen LogP contribution < -0.4 is 4.90 Å². The van der Waals surface area contributed by atoms with Crippen LogP contribution >= 0.6 is 0 Å². The van der Waals surface area contributed by atoms with Gasteiger partial charge in [0.25, 0.3) is 0 Å². The molecule has 0 N–H and O–H groups in total. The van der Waals surface area contributed by atoms with Crippen molar-refractivity contribution in [3.8, 4) is 11.1 Å². The molecule has 2 aliphatic rings. The lowest BCUT2D eigenvalue weighted by atomic mass is 9.89. The Balaban J connectivity index is 1.26. The van der Waals surface area contributed by atoms with Crippen LogP contribution in [-0.2, 0) is 11.3 Å². The van der Waals surface area contributed by atoms with Crippen LogP contribution in [0.2, 0.25) is 0 Å². The van der Waals surface area contributed by atoms with Crippen LogP contribution in [0.1, 0.15) is 35.1 Å². The molecule has 0 bridgehead atoms. The molecular formula is C29H31FN2O2. The quantitative estimate of drug-likeness (QED) is 0.453. The van der Waals surface area contributed by atoms with Crippen molar-refractivity contribution in [3.05, 3.63) is 88.7 Å². The molecule has 0 aliphatic carbocycles. The Labute approximate surface area is 201 Å². The summed E-state index contributed by atoms with van der Waals surface area (Å²) in [6.45, 7) is 9.51. The van der Waals surface area contributed by atoms with Crippen molar-refractivity contribution in [1.29, 1.82) is 0 Å². The van der Waals surface area contributed by atoms with E-state index >= 15 is 0 Å². The summed E-state index contributed by atoms with van der Waals surface area (Å²) in [6.07, 6.45) is 1.44. The molecule has 5 heteroatoms. The molecule has 0 saturated carbocycles. The van der Waals surface area contributed by atoms with Crippen molar-refractivity contribution in [3.63, 3.8) is 0 Å². The van der Waals surface area contributed by atoms with E-state index in [9.17, 15) is 9.18 Å². The Bertz CT molecular complexity index is 1190. The second kappa shape index (κ2) is 8.88. The van der Waals surface area contributed by atoms with Gasteiger partial charge in [-0.1, -0.05) is 36.4 Å². The third-order valence-corrected chi connectivity index (χ3v) is 7.26. The van der Waals surface area contributed by atoms with Crippen LogP contribution in [0.25, 0.3) is 11.1 Å². The fourth-order valence-corrected chi connectivity index (χ4v) is 5.54. The van der Waals surface area contributed by atoms with E-state index in [1.165, 1.54) is 28.3 Å². The number of para-hydroxylation sites is 1.